The van der Waals surface area contributed by atoms with E-state index < -0.39 is 0 Å². The normalized spacial score (nSPS) is 16.7. The molecule has 1 aliphatic rings. The first kappa shape index (κ1) is 20.1. The van der Waals surface area contributed by atoms with Crippen LogP contribution in [0.25, 0.3) is 0 Å². The number of likely N-dealkylation sites (N-methyl/N-ethyl adjacent to an activating group) is 1. The van der Waals surface area contributed by atoms with E-state index in [9.17, 15) is 0 Å². The zero-order valence-electron chi connectivity index (χ0n) is 17.2. The Balaban J connectivity index is 1.55. The van der Waals surface area contributed by atoms with Crippen molar-refractivity contribution in [3.05, 3.63) is 59.8 Å². The molecule has 0 aliphatic carbocycles. The minimum absolute atomic E-state index is 0.190. The number of aliphatic imine (C=N–C) groups is 1. The number of nitrogens with one attached hydrogen (secondary N) is 2. The lowest BCUT2D eigenvalue weighted by Crippen LogP contribution is -2.46. The van der Waals surface area contributed by atoms with Crippen LogP contribution in [0.1, 0.15) is 31.0 Å². The third-order valence-corrected chi connectivity index (χ3v) is 5.29. The molecule has 28 heavy (non-hydrogen) atoms. The number of hydrogen-bond acceptors (Lipinski definition) is 4. The molecular weight excluding hydrogens is 348 g/mol. The zero-order chi connectivity index (χ0) is 19.8. The van der Waals surface area contributed by atoms with Gasteiger partial charge in [0.05, 0.1) is 6.04 Å². The second kappa shape index (κ2) is 10.1. The number of rotatable bonds is 6. The summed E-state index contributed by atoms with van der Waals surface area (Å²) in [7, 11) is 1.80. The van der Waals surface area contributed by atoms with Crippen LogP contribution in [0.15, 0.2) is 53.7 Å². The molecule has 0 radical (unpaired) electrons. The van der Waals surface area contributed by atoms with Gasteiger partial charge in [-0.2, -0.15) is 0 Å². The molecule has 1 unspecified atom stereocenters. The van der Waals surface area contributed by atoms with E-state index in [1.807, 2.05) is 12.3 Å². The molecule has 1 fully saturated rings. The van der Waals surface area contributed by atoms with Crippen LogP contribution in [0.2, 0.25) is 0 Å². The summed E-state index contributed by atoms with van der Waals surface area (Å²) in [5.74, 6) is 1.86. The quantitative estimate of drug-likeness (QED) is 0.596. The van der Waals surface area contributed by atoms with Gasteiger partial charge in [-0.25, -0.2) is 4.98 Å². The number of pyridine rings is 1. The molecule has 0 amide bonds. The third-order valence-electron chi connectivity index (χ3n) is 5.29. The lowest BCUT2D eigenvalue weighted by molar-refractivity contribution is 0.270. The first-order chi connectivity index (χ1) is 13.7. The molecule has 2 aromatic rings. The van der Waals surface area contributed by atoms with Crippen LogP contribution in [0.3, 0.4) is 0 Å². The maximum Gasteiger partial charge on any atom is 0.191 e. The molecule has 6 heteroatoms. The number of anilines is 1. The highest BCUT2D eigenvalue weighted by atomic mass is 15.3. The summed E-state index contributed by atoms with van der Waals surface area (Å²) in [5, 5.41) is 6.87. The summed E-state index contributed by atoms with van der Waals surface area (Å²) >= 11 is 0. The van der Waals surface area contributed by atoms with E-state index in [1.54, 1.807) is 7.05 Å². The van der Waals surface area contributed by atoms with Crippen molar-refractivity contribution in [3.63, 3.8) is 0 Å². The van der Waals surface area contributed by atoms with Crippen molar-refractivity contribution in [1.29, 1.82) is 0 Å². The Morgan fingerprint density at radius 1 is 1.14 bits per heavy atom. The summed E-state index contributed by atoms with van der Waals surface area (Å²) < 4.78 is 0. The van der Waals surface area contributed by atoms with Crippen LogP contribution in [0, 0.1) is 0 Å². The van der Waals surface area contributed by atoms with Crippen LogP contribution in [0.5, 0.6) is 0 Å². The maximum atomic E-state index is 4.58. The number of aromatic nitrogens is 1. The van der Waals surface area contributed by atoms with Gasteiger partial charge >= 0.3 is 0 Å². The largest absolute Gasteiger partial charge is 0.354 e. The second-order valence-corrected chi connectivity index (χ2v) is 7.15. The van der Waals surface area contributed by atoms with Gasteiger partial charge in [-0.1, -0.05) is 37.3 Å². The van der Waals surface area contributed by atoms with Crippen LogP contribution >= 0.6 is 0 Å². The van der Waals surface area contributed by atoms with Gasteiger partial charge in [0.2, 0.25) is 0 Å². The molecular formula is C22H32N6. The summed E-state index contributed by atoms with van der Waals surface area (Å²) in [5.41, 5.74) is 2.45. The lowest BCUT2D eigenvalue weighted by atomic mass is 10.1. The fraction of sp³-hybridized carbons (Fsp3) is 0.455. The predicted octanol–water partition coefficient (Wildman–Crippen LogP) is 2.65. The molecule has 6 nitrogen and oxygen atoms in total. The standard InChI is InChI=1S/C22H32N6/c1-4-27-12-14-28(15-13-27)21-16-19(10-11-24-21)17-25-22(23-3)26-18(2)20-8-6-5-7-9-20/h5-11,16,18H,4,12-15,17H2,1-3H3,(H2,23,25,26). The molecule has 1 aromatic heterocycles. The molecule has 1 saturated heterocycles. The Labute approximate surface area is 168 Å². The van der Waals surface area contributed by atoms with Crippen molar-refractivity contribution in [2.75, 3.05) is 44.7 Å². The summed E-state index contributed by atoms with van der Waals surface area (Å²) in [6.07, 6.45) is 1.90. The maximum absolute atomic E-state index is 4.58. The fourth-order valence-corrected chi connectivity index (χ4v) is 3.45. The first-order valence-corrected chi connectivity index (χ1v) is 10.1. The van der Waals surface area contributed by atoms with Crippen molar-refractivity contribution in [1.82, 2.24) is 20.5 Å². The van der Waals surface area contributed by atoms with Gasteiger partial charge in [-0.15, -0.1) is 0 Å². The van der Waals surface area contributed by atoms with Crippen molar-refractivity contribution in [2.24, 2.45) is 4.99 Å². The van der Waals surface area contributed by atoms with E-state index in [1.165, 1.54) is 11.1 Å². The molecule has 3 rings (SSSR count). The minimum Gasteiger partial charge on any atom is -0.354 e. The smallest absolute Gasteiger partial charge is 0.191 e. The average molecular weight is 381 g/mol. The minimum atomic E-state index is 0.190. The van der Waals surface area contributed by atoms with Crippen LogP contribution in [0.4, 0.5) is 5.82 Å². The van der Waals surface area contributed by atoms with Crippen LogP contribution in [-0.4, -0.2) is 55.6 Å². The molecule has 2 N–H and O–H groups in total. The van der Waals surface area contributed by atoms with Gasteiger partial charge in [0, 0.05) is 46.0 Å². The van der Waals surface area contributed by atoms with Gasteiger partial charge in [-0.05, 0) is 36.7 Å². The summed E-state index contributed by atoms with van der Waals surface area (Å²) in [4.78, 5) is 13.8. The van der Waals surface area contributed by atoms with Crippen LogP contribution < -0.4 is 15.5 Å². The van der Waals surface area contributed by atoms with Crippen LogP contribution in [-0.2, 0) is 6.54 Å². The number of benzene rings is 1. The predicted molar refractivity (Wildman–Crippen MR) is 117 cm³/mol. The first-order valence-electron chi connectivity index (χ1n) is 10.1. The Hall–Kier alpha value is -2.60. The van der Waals surface area contributed by atoms with Crippen molar-refractivity contribution in [3.8, 4) is 0 Å². The van der Waals surface area contributed by atoms with E-state index >= 15 is 0 Å². The van der Waals surface area contributed by atoms with E-state index in [2.05, 4.69) is 80.7 Å². The van der Waals surface area contributed by atoms with Gasteiger partial charge in [0.15, 0.2) is 5.96 Å². The molecule has 0 spiro atoms. The van der Waals surface area contributed by atoms with Gasteiger partial charge in [0.1, 0.15) is 5.82 Å². The van der Waals surface area contributed by atoms with E-state index in [-0.39, 0.29) is 6.04 Å². The van der Waals surface area contributed by atoms with Gasteiger partial charge < -0.3 is 20.4 Å². The molecule has 2 heterocycles. The molecule has 0 saturated carbocycles. The summed E-state index contributed by atoms with van der Waals surface area (Å²) in [6, 6.07) is 14.8. The fourth-order valence-electron chi connectivity index (χ4n) is 3.45. The molecule has 1 aliphatic heterocycles. The SMILES string of the molecule is CCN1CCN(c2cc(CNC(=NC)NC(C)c3ccccc3)ccn2)CC1. The van der Waals surface area contributed by atoms with Gasteiger partial charge in [0.25, 0.3) is 0 Å². The number of guanidine groups is 1. The van der Waals surface area contributed by atoms with Gasteiger partial charge in [-0.3, -0.25) is 4.99 Å². The Morgan fingerprint density at radius 3 is 2.57 bits per heavy atom. The Bertz CT molecular complexity index is 753. The van der Waals surface area contributed by atoms with Crippen molar-refractivity contribution in [2.45, 2.75) is 26.4 Å². The lowest BCUT2D eigenvalue weighted by Gasteiger charge is -2.34. The highest BCUT2D eigenvalue weighted by Crippen LogP contribution is 2.15. The molecule has 1 aromatic carbocycles. The van der Waals surface area contributed by atoms with Crippen molar-refractivity contribution < 1.29 is 0 Å². The number of nitrogens with zero attached hydrogens (tertiary/aromatic N) is 4. The molecule has 0 bridgehead atoms. The molecule has 150 valence electrons. The second-order valence-electron chi connectivity index (χ2n) is 7.15. The highest BCUT2D eigenvalue weighted by molar-refractivity contribution is 5.80. The Kier molecular flexibility index (Phi) is 7.25. The van der Waals surface area contributed by atoms with E-state index in [4.69, 9.17) is 0 Å². The average Bonchev–Trinajstić information content (AvgIpc) is 2.77. The highest BCUT2D eigenvalue weighted by Gasteiger charge is 2.17. The van der Waals surface area contributed by atoms with E-state index in [0.717, 1.165) is 44.5 Å². The van der Waals surface area contributed by atoms with E-state index in [0.29, 0.717) is 6.54 Å². The topological polar surface area (TPSA) is 55.8 Å². The zero-order valence-corrected chi connectivity index (χ0v) is 17.2. The third kappa shape index (κ3) is 5.45. The Morgan fingerprint density at radius 2 is 1.89 bits per heavy atom. The monoisotopic (exact) mass is 380 g/mol. The molecule has 1 atom stereocenters. The number of piperazine rings is 1. The summed E-state index contributed by atoms with van der Waals surface area (Å²) in [6.45, 7) is 10.5. The van der Waals surface area contributed by atoms with Crippen molar-refractivity contribution >= 4 is 11.8 Å². The number of hydrogen-bond donors (Lipinski definition) is 2.